The second-order valence-corrected chi connectivity index (χ2v) is 14.0. The molecule has 0 fully saturated rings. The topological polar surface area (TPSA) is 91.3 Å². The molecule has 1 N–H and O–H groups in total. The van der Waals surface area contributed by atoms with E-state index in [4.69, 9.17) is 18.1 Å². The van der Waals surface area contributed by atoms with Crippen molar-refractivity contribution in [3.63, 3.8) is 0 Å². The second-order valence-electron chi connectivity index (χ2n) is 9.11. The Morgan fingerprint density at radius 1 is 0.475 bits per heavy atom. The van der Waals surface area contributed by atoms with Gasteiger partial charge in [0.1, 0.15) is 0 Å². The number of rotatable bonds is 16. The average Bonchev–Trinajstić information content (AvgIpc) is 3.02. The van der Waals surface area contributed by atoms with Gasteiger partial charge >= 0.3 is 15.2 Å². The average molecular weight is 581 g/mol. The van der Waals surface area contributed by atoms with Crippen LogP contribution in [0.25, 0.3) is 0 Å². The molecule has 210 valence electrons. The van der Waals surface area contributed by atoms with Gasteiger partial charge in [-0.1, -0.05) is 121 Å². The number of hydrogen-bond donors (Lipinski definition) is 1. The minimum atomic E-state index is -4.21. The van der Waals surface area contributed by atoms with E-state index in [9.17, 15) is 14.2 Å². The van der Waals surface area contributed by atoms with Crippen LogP contribution in [0.5, 0.6) is 0 Å². The summed E-state index contributed by atoms with van der Waals surface area (Å²) in [7, 11) is -8.43. The Hall–Kier alpha value is -2.86. The smallest absolute Gasteiger partial charge is 0.346 e. The van der Waals surface area contributed by atoms with Crippen LogP contribution in [-0.4, -0.2) is 17.1 Å². The van der Waals surface area contributed by atoms with E-state index < -0.39 is 27.2 Å². The van der Waals surface area contributed by atoms with Crippen molar-refractivity contribution in [2.45, 2.75) is 38.2 Å². The van der Waals surface area contributed by atoms with Gasteiger partial charge in [-0.05, 0) is 28.7 Å². The fraction of sp³-hybridized carbons (Fsp3) is 0.226. The Bertz CT molecular complexity index is 1170. The zero-order valence-electron chi connectivity index (χ0n) is 22.2. The van der Waals surface area contributed by atoms with Crippen LogP contribution in [-0.2, 0) is 53.7 Å². The maximum atomic E-state index is 14.6. The predicted molar refractivity (Wildman–Crippen MR) is 156 cm³/mol. The van der Waals surface area contributed by atoms with Crippen LogP contribution in [0.3, 0.4) is 0 Å². The van der Waals surface area contributed by atoms with E-state index in [2.05, 4.69) is 0 Å². The zero-order valence-corrected chi connectivity index (χ0v) is 23.9. The molecule has 0 aliphatic carbocycles. The number of aliphatic hydroxyl groups excluding tert-OH is 1. The van der Waals surface area contributed by atoms with E-state index in [0.717, 1.165) is 22.3 Å². The highest BCUT2D eigenvalue weighted by atomic mass is 31.2. The van der Waals surface area contributed by atoms with Gasteiger partial charge in [0.05, 0.1) is 26.4 Å². The van der Waals surface area contributed by atoms with E-state index >= 15 is 0 Å². The Morgan fingerprint density at radius 3 is 0.950 bits per heavy atom. The molecule has 4 aromatic rings. The van der Waals surface area contributed by atoms with Crippen molar-refractivity contribution < 1.29 is 32.3 Å². The van der Waals surface area contributed by atoms with E-state index in [1.807, 2.05) is 121 Å². The van der Waals surface area contributed by atoms with Gasteiger partial charge in [-0.2, -0.15) is 0 Å². The molecule has 0 saturated carbocycles. The highest BCUT2D eigenvalue weighted by molar-refractivity contribution is 7.72. The monoisotopic (exact) mass is 580 g/mol. The molecule has 0 saturated heterocycles. The summed E-state index contributed by atoms with van der Waals surface area (Å²) in [6.07, 6.45) is -0.179. The summed E-state index contributed by atoms with van der Waals surface area (Å²) >= 11 is 0. The van der Waals surface area contributed by atoms with Gasteiger partial charge in [0, 0.05) is 6.61 Å². The molecule has 40 heavy (non-hydrogen) atoms. The van der Waals surface area contributed by atoms with E-state index in [1.165, 1.54) is 0 Å². The van der Waals surface area contributed by atoms with Crippen molar-refractivity contribution in [1.29, 1.82) is 0 Å². The summed E-state index contributed by atoms with van der Waals surface area (Å²) in [5.41, 5.74) is 3.05. The Morgan fingerprint density at radius 2 is 0.725 bits per heavy atom. The van der Waals surface area contributed by atoms with Gasteiger partial charge in [-0.3, -0.25) is 9.13 Å². The summed E-state index contributed by atoms with van der Waals surface area (Å²) < 4.78 is 53.2. The maximum absolute atomic E-state index is 14.6. The van der Waals surface area contributed by atoms with Crippen molar-refractivity contribution >= 4 is 15.2 Å². The first kappa shape index (κ1) is 30.1. The first-order valence-electron chi connectivity index (χ1n) is 13.0. The molecule has 0 aliphatic rings. The largest absolute Gasteiger partial charge is 0.396 e. The number of aliphatic hydroxyl groups is 1. The molecule has 4 rings (SSSR count). The first-order chi connectivity index (χ1) is 19.5. The van der Waals surface area contributed by atoms with Crippen LogP contribution in [0.2, 0.25) is 0 Å². The summed E-state index contributed by atoms with van der Waals surface area (Å²) in [4.78, 5) is 0. The lowest BCUT2D eigenvalue weighted by Gasteiger charge is -2.32. The SMILES string of the molecule is O=P(OCc1ccccc1)(OCc1ccccc1)C(CCO)P(=O)(OCc1ccccc1)OCc1ccccc1. The number of benzene rings is 4. The summed E-state index contributed by atoms with van der Waals surface area (Å²) in [6, 6.07) is 36.9. The molecule has 0 aromatic heterocycles. The lowest BCUT2D eigenvalue weighted by Crippen LogP contribution is -2.19. The third kappa shape index (κ3) is 8.82. The predicted octanol–water partition coefficient (Wildman–Crippen LogP) is 7.95. The van der Waals surface area contributed by atoms with Crippen LogP contribution in [0, 0.1) is 0 Å². The molecule has 0 spiro atoms. The van der Waals surface area contributed by atoms with Crippen molar-refractivity contribution in [3.05, 3.63) is 144 Å². The van der Waals surface area contributed by atoms with Gasteiger partial charge in [0.15, 0.2) is 5.40 Å². The van der Waals surface area contributed by atoms with E-state index in [0.29, 0.717) is 0 Å². The Labute approximate surface area is 235 Å². The van der Waals surface area contributed by atoms with Crippen molar-refractivity contribution in [3.8, 4) is 0 Å². The van der Waals surface area contributed by atoms with Crippen LogP contribution in [0.4, 0.5) is 0 Å². The molecule has 0 aliphatic heterocycles. The molecule has 0 radical (unpaired) electrons. The number of hydrogen-bond acceptors (Lipinski definition) is 7. The van der Waals surface area contributed by atoms with Gasteiger partial charge in [0.25, 0.3) is 0 Å². The quantitative estimate of drug-likeness (QED) is 0.135. The molecule has 0 heterocycles. The molecular formula is C31H34O7P2. The fourth-order valence-electron chi connectivity index (χ4n) is 3.98. The van der Waals surface area contributed by atoms with Gasteiger partial charge < -0.3 is 23.2 Å². The van der Waals surface area contributed by atoms with E-state index in [1.54, 1.807) is 0 Å². The molecule has 0 atom stereocenters. The summed E-state index contributed by atoms with van der Waals surface area (Å²) in [5.74, 6) is 0. The highest BCUT2D eigenvalue weighted by Crippen LogP contribution is 2.72. The molecule has 0 bridgehead atoms. The first-order valence-corrected chi connectivity index (χ1v) is 16.3. The molecular weight excluding hydrogens is 546 g/mol. The van der Waals surface area contributed by atoms with Gasteiger partial charge in [-0.15, -0.1) is 0 Å². The molecule has 7 nitrogen and oxygen atoms in total. The third-order valence-electron chi connectivity index (χ3n) is 6.13. The lowest BCUT2D eigenvalue weighted by atomic mass is 10.2. The second kappa shape index (κ2) is 15.2. The van der Waals surface area contributed by atoms with Gasteiger partial charge in [-0.25, -0.2) is 0 Å². The Kier molecular flexibility index (Phi) is 11.5. The minimum absolute atomic E-state index is 0.0494. The summed E-state index contributed by atoms with van der Waals surface area (Å²) in [5, 5.41) is 8.67. The van der Waals surface area contributed by atoms with Crippen LogP contribution in [0.15, 0.2) is 121 Å². The fourth-order valence-corrected chi connectivity index (χ4v) is 9.18. The van der Waals surface area contributed by atoms with Crippen LogP contribution < -0.4 is 0 Å². The Balaban J connectivity index is 1.67. The molecule has 4 aromatic carbocycles. The standard InChI is InChI=1S/C31H34O7P2/c32-22-21-31(39(33,35-23-27-13-5-1-6-14-27)36-24-28-15-7-2-8-16-28)40(34,37-25-29-17-9-3-10-18-29)38-26-30-19-11-4-12-20-30/h1-20,31-32H,21-26H2. The van der Waals surface area contributed by atoms with Crippen molar-refractivity contribution in [2.75, 3.05) is 6.61 Å². The van der Waals surface area contributed by atoms with Gasteiger partial charge in [0.2, 0.25) is 0 Å². The summed E-state index contributed by atoms with van der Waals surface area (Å²) in [6.45, 7) is -0.623. The van der Waals surface area contributed by atoms with Crippen LogP contribution >= 0.6 is 15.2 Å². The highest BCUT2D eigenvalue weighted by Gasteiger charge is 2.51. The van der Waals surface area contributed by atoms with Crippen molar-refractivity contribution in [2.24, 2.45) is 0 Å². The normalized spacial score (nSPS) is 12.1. The maximum Gasteiger partial charge on any atom is 0.346 e. The molecule has 0 amide bonds. The molecule has 9 heteroatoms. The van der Waals surface area contributed by atoms with E-state index in [-0.39, 0.29) is 32.8 Å². The minimum Gasteiger partial charge on any atom is -0.396 e. The molecule has 0 unspecified atom stereocenters. The lowest BCUT2D eigenvalue weighted by molar-refractivity contribution is 0.161. The third-order valence-corrected chi connectivity index (χ3v) is 11.8. The zero-order chi connectivity index (χ0) is 28.1. The van der Waals surface area contributed by atoms with Crippen LogP contribution in [0.1, 0.15) is 28.7 Å². The van der Waals surface area contributed by atoms with Crippen molar-refractivity contribution in [1.82, 2.24) is 0 Å².